The summed E-state index contributed by atoms with van der Waals surface area (Å²) in [7, 11) is 2.75. The van der Waals surface area contributed by atoms with Crippen molar-refractivity contribution in [1.82, 2.24) is 9.96 Å². The van der Waals surface area contributed by atoms with Crippen LogP contribution < -0.4 is 0 Å². The van der Waals surface area contributed by atoms with E-state index in [2.05, 4.69) is 0 Å². The quantitative estimate of drug-likeness (QED) is 0.507. The third-order valence-electron chi connectivity index (χ3n) is 5.75. The molecule has 8 nitrogen and oxygen atoms in total. The van der Waals surface area contributed by atoms with Crippen LogP contribution in [0.25, 0.3) is 0 Å². The maximum atomic E-state index is 14.0. The number of carbonyl (C=O) groups excluding carboxylic acids is 3. The summed E-state index contributed by atoms with van der Waals surface area (Å²) in [5.74, 6) is -4.57. The van der Waals surface area contributed by atoms with Gasteiger partial charge in [-0.15, -0.1) is 0 Å². The van der Waals surface area contributed by atoms with Crippen molar-refractivity contribution in [2.45, 2.75) is 24.8 Å². The minimum absolute atomic E-state index is 0.0634. The van der Waals surface area contributed by atoms with Crippen LogP contribution in [0.5, 0.6) is 0 Å². The van der Waals surface area contributed by atoms with E-state index >= 15 is 0 Å². The van der Waals surface area contributed by atoms with Crippen molar-refractivity contribution in [2.24, 2.45) is 5.92 Å². The number of ether oxygens (including phenoxy) is 2. The summed E-state index contributed by atoms with van der Waals surface area (Å²) in [5.41, 5.74) is -1.33. The van der Waals surface area contributed by atoms with Gasteiger partial charge < -0.3 is 14.4 Å². The number of nitrogens with zero attached hydrogens (tertiary/aromatic N) is 2. The lowest BCUT2D eigenvalue weighted by Gasteiger charge is -2.45. The minimum atomic E-state index is -1.20. The van der Waals surface area contributed by atoms with Crippen molar-refractivity contribution in [3.05, 3.63) is 35.4 Å². The summed E-state index contributed by atoms with van der Waals surface area (Å²) in [6, 6.07) is 3.44. The predicted molar refractivity (Wildman–Crippen MR) is 99.0 cm³/mol. The normalized spacial score (nSPS) is 20.7. The molecule has 2 amide bonds. The lowest BCUT2D eigenvalue weighted by molar-refractivity contribution is -0.226. The van der Waals surface area contributed by atoms with Gasteiger partial charge in [0.2, 0.25) is 5.91 Å². The SMILES string of the molecule is COCCON1C(=O)C[C@H](C(=O)OC)C12CCN(C(=O)c1cccc(F)c1F)CC2. The summed E-state index contributed by atoms with van der Waals surface area (Å²) in [6.45, 7) is 0.653. The third-order valence-corrected chi connectivity index (χ3v) is 5.75. The third kappa shape index (κ3) is 3.89. The minimum Gasteiger partial charge on any atom is -0.469 e. The molecule has 10 heteroatoms. The smallest absolute Gasteiger partial charge is 0.311 e. The Morgan fingerprint density at radius 3 is 2.50 bits per heavy atom. The number of amides is 2. The van der Waals surface area contributed by atoms with Gasteiger partial charge in [0.25, 0.3) is 5.91 Å². The number of carbonyl (C=O) groups is 3. The van der Waals surface area contributed by atoms with E-state index in [4.69, 9.17) is 14.3 Å². The number of methoxy groups -OCH3 is 2. The van der Waals surface area contributed by atoms with Crippen LogP contribution in [0.3, 0.4) is 0 Å². The van der Waals surface area contributed by atoms with Crippen LogP contribution in [0.1, 0.15) is 29.6 Å². The summed E-state index contributed by atoms with van der Waals surface area (Å²) < 4.78 is 37.4. The molecule has 1 aromatic carbocycles. The van der Waals surface area contributed by atoms with E-state index in [1.54, 1.807) is 0 Å². The number of rotatable bonds is 6. The van der Waals surface area contributed by atoms with E-state index < -0.39 is 35.0 Å². The Hall–Kier alpha value is -2.59. The highest BCUT2D eigenvalue weighted by Gasteiger charge is 2.58. The fourth-order valence-electron chi connectivity index (χ4n) is 4.18. The van der Waals surface area contributed by atoms with Crippen LogP contribution in [0.2, 0.25) is 0 Å². The average molecular weight is 426 g/mol. The molecule has 2 aliphatic heterocycles. The van der Waals surface area contributed by atoms with Crippen molar-refractivity contribution in [3.63, 3.8) is 0 Å². The highest BCUT2D eigenvalue weighted by molar-refractivity contribution is 5.95. The molecule has 2 saturated heterocycles. The largest absolute Gasteiger partial charge is 0.469 e. The zero-order valence-corrected chi connectivity index (χ0v) is 16.9. The summed E-state index contributed by atoms with van der Waals surface area (Å²) >= 11 is 0. The summed E-state index contributed by atoms with van der Waals surface area (Å²) in [5, 5.41) is 1.22. The molecule has 0 N–H and O–H groups in total. The molecule has 1 aromatic rings. The molecule has 2 fully saturated rings. The molecule has 3 rings (SSSR count). The molecule has 0 radical (unpaired) electrons. The van der Waals surface area contributed by atoms with Gasteiger partial charge in [-0.1, -0.05) is 6.07 Å². The highest BCUT2D eigenvalue weighted by atomic mass is 19.2. The van der Waals surface area contributed by atoms with E-state index in [0.29, 0.717) is 0 Å². The topological polar surface area (TPSA) is 85.4 Å². The van der Waals surface area contributed by atoms with Gasteiger partial charge in [-0.05, 0) is 25.0 Å². The van der Waals surface area contributed by atoms with E-state index in [-0.39, 0.29) is 57.0 Å². The number of hydrogen-bond donors (Lipinski definition) is 0. The van der Waals surface area contributed by atoms with Crippen LogP contribution >= 0.6 is 0 Å². The first-order valence-electron chi connectivity index (χ1n) is 9.61. The number of hydrogen-bond acceptors (Lipinski definition) is 6. The van der Waals surface area contributed by atoms with Crippen LogP contribution in [-0.2, 0) is 23.9 Å². The molecular formula is C20H24F2N2O6. The predicted octanol–water partition coefficient (Wildman–Crippen LogP) is 1.54. The van der Waals surface area contributed by atoms with Crippen molar-refractivity contribution in [2.75, 3.05) is 40.5 Å². The Balaban J connectivity index is 1.80. The van der Waals surface area contributed by atoms with E-state index in [1.807, 2.05) is 0 Å². The second-order valence-electron chi connectivity index (χ2n) is 7.29. The molecule has 0 aliphatic carbocycles. The van der Waals surface area contributed by atoms with Crippen LogP contribution in [-0.4, -0.2) is 73.8 Å². The molecule has 0 saturated carbocycles. The van der Waals surface area contributed by atoms with Crippen molar-refractivity contribution in [1.29, 1.82) is 0 Å². The zero-order valence-electron chi connectivity index (χ0n) is 16.9. The highest BCUT2D eigenvalue weighted by Crippen LogP contribution is 2.44. The Bertz CT molecular complexity index is 826. The van der Waals surface area contributed by atoms with E-state index in [0.717, 1.165) is 6.07 Å². The molecule has 0 bridgehead atoms. The maximum Gasteiger partial charge on any atom is 0.311 e. The first-order valence-corrected chi connectivity index (χ1v) is 9.61. The van der Waals surface area contributed by atoms with E-state index in [1.165, 1.54) is 36.3 Å². The summed E-state index contributed by atoms with van der Waals surface area (Å²) in [4.78, 5) is 44.7. The van der Waals surface area contributed by atoms with Gasteiger partial charge in [-0.25, -0.2) is 13.8 Å². The van der Waals surface area contributed by atoms with E-state index in [9.17, 15) is 23.2 Å². The summed E-state index contributed by atoms with van der Waals surface area (Å²) in [6.07, 6.45) is 0.397. The van der Waals surface area contributed by atoms with Crippen molar-refractivity contribution in [3.8, 4) is 0 Å². The Morgan fingerprint density at radius 2 is 1.87 bits per heavy atom. The number of hydroxylamine groups is 2. The molecule has 0 unspecified atom stereocenters. The first kappa shape index (κ1) is 22.1. The number of likely N-dealkylation sites (tertiary alicyclic amines) is 1. The number of halogens is 2. The molecule has 1 atom stereocenters. The molecule has 164 valence electrons. The average Bonchev–Trinajstić information content (AvgIpc) is 3.01. The number of esters is 1. The van der Waals surface area contributed by atoms with Crippen molar-refractivity contribution >= 4 is 17.8 Å². The standard InChI is InChI=1S/C20H24F2N2O6/c1-28-10-11-30-24-16(25)12-14(19(27)29-2)20(24)6-8-23(9-7-20)18(26)13-4-3-5-15(21)17(13)22/h3-5,14H,6-12H2,1-2H3/t14-/m1/s1. The number of benzene rings is 1. The van der Waals surface area contributed by atoms with Crippen LogP contribution in [0.4, 0.5) is 8.78 Å². The van der Waals surface area contributed by atoms with Crippen LogP contribution in [0.15, 0.2) is 18.2 Å². The fraction of sp³-hybridized carbons (Fsp3) is 0.550. The van der Waals surface area contributed by atoms with Gasteiger partial charge >= 0.3 is 5.97 Å². The fourth-order valence-corrected chi connectivity index (χ4v) is 4.18. The molecule has 1 spiro atoms. The molecule has 2 aliphatic rings. The van der Waals surface area contributed by atoms with Gasteiger partial charge in [0.1, 0.15) is 0 Å². The molecular weight excluding hydrogens is 402 g/mol. The van der Waals surface area contributed by atoms with Gasteiger partial charge in [0.05, 0.1) is 37.3 Å². The Morgan fingerprint density at radius 1 is 1.17 bits per heavy atom. The lowest BCUT2D eigenvalue weighted by Crippen LogP contribution is -2.58. The second kappa shape index (κ2) is 9.05. The molecule has 30 heavy (non-hydrogen) atoms. The zero-order chi connectivity index (χ0) is 21.9. The van der Waals surface area contributed by atoms with Crippen LogP contribution in [0, 0.1) is 17.6 Å². The van der Waals surface area contributed by atoms with Gasteiger partial charge in [-0.3, -0.25) is 19.2 Å². The molecule has 0 aromatic heterocycles. The maximum absolute atomic E-state index is 14.0. The van der Waals surface area contributed by atoms with Gasteiger partial charge in [0, 0.05) is 26.6 Å². The first-order chi connectivity index (χ1) is 14.4. The lowest BCUT2D eigenvalue weighted by atomic mass is 9.77. The Labute approximate surface area is 172 Å². The Kier molecular flexibility index (Phi) is 6.67. The van der Waals surface area contributed by atoms with Gasteiger partial charge in [0.15, 0.2) is 11.6 Å². The second-order valence-corrected chi connectivity index (χ2v) is 7.29. The number of piperidine rings is 1. The van der Waals surface area contributed by atoms with Crippen molar-refractivity contribution < 1.29 is 37.5 Å². The molecule has 2 heterocycles. The monoisotopic (exact) mass is 426 g/mol. The van der Waals surface area contributed by atoms with Gasteiger partial charge in [-0.2, -0.15) is 0 Å².